The molecular weight excluding hydrogens is 450 g/mol. The van der Waals surface area contributed by atoms with Crippen LogP contribution < -0.4 is 0 Å². The lowest BCUT2D eigenvalue weighted by Gasteiger charge is -2.65. The highest BCUT2D eigenvalue weighted by molar-refractivity contribution is 5.96. The van der Waals surface area contributed by atoms with Gasteiger partial charge in [0.1, 0.15) is 5.92 Å². The summed E-state index contributed by atoms with van der Waals surface area (Å²) in [5, 5.41) is 9.88. The van der Waals surface area contributed by atoms with E-state index in [0.29, 0.717) is 6.42 Å². The first-order valence-electron chi connectivity index (χ1n) is 14.0. The van der Waals surface area contributed by atoms with E-state index in [2.05, 4.69) is 33.8 Å². The van der Waals surface area contributed by atoms with Gasteiger partial charge in [0.05, 0.1) is 18.6 Å². The Hall–Kier alpha value is -1.96. The van der Waals surface area contributed by atoms with E-state index in [4.69, 9.17) is 4.74 Å². The number of Topliss-reactive ketones (excluding diaryl/α,β-unsaturated/α-hetero) is 1. The minimum absolute atomic E-state index is 0.00339. The fourth-order valence-electron chi connectivity index (χ4n) is 10.3. The van der Waals surface area contributed by atoms with Gasteiger partial charge in [0, 0.05) is 11.3 Å². The average Bonchev–Trinajstić information content (AvgIpc) is 2.81. The van der Waals surface area contributed by atoms with Crippen molar-refractivity contribution in [1.82, 2.24) is 0 Å². The van der Waals surface area contributed by atoms with Crippen molar-refractivity contribution in [2.24, 2.45) is 56.7 Å². The van der Waals surface area contributed by atoms with Crippen molar-refractivity contribution in [2.75, 3.05) is 7.11 Å². The zero-order valence-electron chi connectivity index (χ0n) is 23.2. The third-order valence-corrected chi connectivity index (χ3v) is 12.1. The standard InChI is InChI=1S/C31H43NO4/c1-27(2)12-13-31(26(35)36-7)11-8-19-24(20(31)16-27)21(33)14-23-29(19,5)10-9-22-28(3,4)25(34)18(17-32)15-30(22,23)6/h14,18-20,22,24H,8-13,15-16H2,1-7H3/t18?,19?,20?,22-,24?,29-,30-,31+/m0/s1. The summed E-state index contributed by atoms with van der Waals surface area (Å²) in [6.45, 7) is 13.1. The molecule has 4 saturated carbocycles. The molecule has 0 aromatic rings. The molecule has 0 amide bonds. The van der Waals surface area contributed by atoms with Crippen LogP contribution in [-0.4, -0.2) is 24.6 Å². The fourth-order valence-corrected chi connectivity index (χ4v) is 10.3. The van der Waals surface area contributed by atoms with Gasteiger partial charge >= 0.3 is 5.97 Å². The number of allylic oxidation sites excluding steroid dienone is 2. The molecule has 196 valence electrons. The number of hydrogen-bond acceptors (Lipinski definition) is 5. The zero-order valence-corrected chi connectivity index (χ0v) is 23.2. The molecule has 0 aromatic heterocycles. The summed E-state index contributed by atoms with van der Waals surface area (Å²) in [7, 11) is 1.49. The normalized spacial score (nSPS) is 46.7. The second-order valence-corrected chi connectivity index (χ2v) is 14.7. The Morgan fingerprint density at radius 1 is 0.944 bits per heavy atom. The number of rotatable bonds is 1. The quantitative estimate of drug-likeness (QED) is 0.414. The highest BCUT2D eigenvalue weighted by atomic mass is 16.5. The molecule has 4 fully saturated rings. The summed E-state index contributed by atoms with van der Waals surface area (Å²) in [5.41, 5.74) is -0.394. The first kappa shape index (κ1) is 25.7. The Bertz CT molecular complexity index is 1090. The third-order valence-electron chi connectivity index (χ3n) is 12.1. The molecule has 4 unspecified atom stereocenters. The van der Waals surface area contributed by atoms with Crippen LogP contribution in [0.25, 0.3) is 0 Å². The molecule has 36 heavy (non-hydrogen) atoms. The lowest BCUT2D eigenvalue weighted by molar-refractivity contribution is -0.179. The van der Waals surface area contributed by atoms with Crippen molar-refractivity contribution in [2.45, 2.75) is 92.9 Å². The van der Waals surface area contributed by atoms with Gasteiger partial charge in [-0.15, -0.1) is 0 Å². The van der Waals surface area contributed by atoms with Crippen molar-refractivity contribution >= 4 is 17.5 Å². The third kappa shape index (κ3) is 3.15. The molecule has 5 nitrogen and oxygen atoms in total. The molecule has 5 aliphatic rings. The molecular formula is C31H43NO4. The van der Waals surface area contributed by atoms with E-state index in [1.807, 2.05) is 19.9 Å². The molecule has 0 bridgehead atoms. The smallest absolute Gasteiger partial charge is 0.312 e. The summed E-state index contributed by atoms with van der Waals surface area (Å²) in [5.74, 6) is -0.413. The predicted octanol–water partition coefficient (Wildman–Crippen LogP) is 6.07. The summed E-state index contributed by atoms with van der Waals surface area (Å²) in [6, 6.07) is 2.30. The topological polar surface area (TPSA) is 84.2 Å². The molecule has 0 aromatic carbocycles. The van der Waals surface area contributed by atoms with Crippen LogP contribution in [0.5, 0.6) is 0 Å². The Kier molecular flexibility index (Phi) is 5.55. The Labute approximate surface area is 216 Å². The van der Waals surface area contributed by atoms with E-state index < -0.39 is 16.7 Å². The number of ketones is 2. The highest BCUT2D eigenvalue weighted by Gasteiger charge is 2.68. The number of esters is 1. The lowest BCUT2D eigenvalue weighted by atomic mass is 9.37. The molecule has 0 heterocycles. The van der Waals surface area contributed by atoms with Crippen LogP contribution in [0.2, 0.25) is 0 Å². The molecule has 0 spiro atoms. The van der Waals surface area contributed by atoms with Crippen LogP contribution in [-0.2, 0) is 19.1 Å². The van der Waals surface area contributed by atoms with Gasteiger partial charge in [-0.1, -0.05) is 47.1 Å². The van der Waals surface area contributed by atoms with Gasteiger partial charge in [0.25, 0.3) is 0 Å². The number of methoxy groups -OCH3 is 1. The van der Waals surface area contributed by atoms with Gasteiger partial charge in [0.15, 0.2) is 11.6 Å². The Morgan fingerprint density at radius 2 is 1.64 bits per heavy atom. The van der Waals surface area contributed by atoms with Gasteiger partial charge in [-0.3, -0.25) is 14.4 Å². The molecule has 5 aliphatic carbocycles. The molecule has 0 N–H and O–H groups in total. The van der Waals surface area contributed by atoms with Crippen LogP contribution in [0, 0.1) is 68.0 Å². The molecule has 5 heteroatoms. The first-order valence-corrected chi connectivity index (χ1v) is 14.0. The number of ether oxygens (including phenoxy) is 1. The van der Waals surface area contributed by atoms with E-state index in [1.165, 1.54) is 12.7 Å². The van der Waals surface area contributed by atoms with E-state index in [9.17, 15) is 19.6 Å². The second-order valence-electron chi connectivity index (χ2n) is 14.7. The van der Waals surface area contributed by atoms with Gasteiger partial charge in [-0.2, -0.15) is 5.26 Å². The molecule has 0 saturated heterocycles. The predicted molar refractivity (Wildman–Crippen MR) is 136 cm³/mol. The number of nitriles is 1. The minimum atomic E-state index is -0.630. The Morgan fingerprint density at radius 3 is 2.28 bits per heavy atom. The van der Waals surface area contributed by atoms with Crippen molar-refractivity contribution in [1.29, 1.82) is 5.26 Å². The summed E-state index contributed by atoms with van der Waals surface area (Å²) >= 11 is 0. The van der Waals surface area contributed by atoms with E-state index in [0.717, 1.165) is 44.9 Å². The van der Waals surface area contributed by atoms with Gasteiger partial charge in [-0.05, 0) is 91.4 Å². The zero-order chi connectivity index (χ0) is 26.5. The van der Waals surface area contributed by atoms with E-state index in [-0.39, 0.29) is 57.5 Å². The molecule has 0 radical (unpaired) electrons. The maximum absolute atomic E-state index is 14.2. The van der Waals surface area contributed by atoms with Gasteiger partial charge in [-0.25, -0.2) is 0 Å². The fraction of sp³-hybridized carbons (Fsp3) is 0.806. The number of nitrogens with zero attached hydrogens (tertiary/aromatic N) is 1. The number of carbonyl (C=O) groups is 3. The SMILES string of the molecule is COC(=O)[C@@]12CCC3C(C(=O)C=C4[C@@]3(C)CC[C@H]3C(C)(C)C(=O)C(C#N)C[C@]43C)C1CC(C)(C)CC2. The lowest BCUT2D eigenvalue weighted by Crippen LogP contribution is -2.63. The van der Waals surface area contributed by atoms with Gasteiger partial charge in [0.2, 0.25) is 0 Å². The van der Waals surface area contributed by atoms with Crippen LogP contribution in [0.15, 0.2) is 11.6 Å². The summed E-state index contributed by atoms with van der Waals surface area (Å²) < 4.78 is 5.38. The largest absolute Gasteiger partial charge is 0.469 e. The van der Waals surface area contributed by atoms with Crippen molar-refractivity contribution in [3.63, 3.8) is 0 Å². The maximum Gasteiger partial charge on any atom is 0.312 e. The van der Waals surface area contributed by atoms with Crippen LogP contribution >= 0.6 is 0 Å². The minimum Gasteiger partial charge on any atom is -0.469 e. The molecule has 8 atom stereocenters. The van der Waals surface area contributed by atoms with Crippen LogP contribution in [0.4, 0.5) is 0 Å². The highest BCUT2D eigenvalue weighted by Crippen LogP contribution is 2.71. The van der Waals surface area contributed by atoms with Crippen molar-refractivity contribution in [3.8, 4) is 6.07 Å². The first-order chi connectivity index (χ1) is 16.7. The van der Waals surface area contributed by atoms with Crippen molar-refractivity contribution in [3.05, 3.63) is 11.6 Å². The number of fused-ring (bicyclic) bond motifs is 7. The average molecular weight is 494 g/mol. The Balaban J connectivity index is 1.62. The number of carbonyl (C=O) groups excluding carboxylic acids is 3. The summed E-state index contributed by atoms with van der Waals surface area (Å²) in [6.07, 6.45) is 8.57. The van der Waals surface area contributed by atoms with E-state index >= 15 is 0 Å². The van der Waals surface area contributed by atoms with E-state index in [1.54, 1.807) is 0 Å². The molecule has 5 rings (SSSR count). The summed E-state index contributed by atoms with van der Waals surface area (Å²) in [4.78, 5) is 40.7. The van der Waals surface area contributed by atoms with Crippen molar-refractivity contribution < 1.29 is 19.1 Å². The monoisotopic (exact) mass is 493 g/mol. The van der Waals surface area contributed by atoms with Crippen LogP contribution in [0.1, 0.15) is 92.9 Å². The number of hydrogen-bond donors (Lipinski definition) is 0. The second kappa shape index (κ2) is 7.78. The maximum atomic E-state index is 14.2. The molecule has 0 aliphatic heterocycles. The van der Waals surface area contributed by atoms with Crippen LogP contribution in [0.3, 0.4) is 0 Å². The van der Waals surface area contributed by atoms with Gasteiger partial charge < -0.3 is 4.74 Å².